The monoisotopic (exact) mass is 364 g/mol. The summed E-state index contributed by atoms with van der Waals surface area (Å²) in [6, 6.07) is 8.62. The Bertz CT molecular complexity index is 1280. The van der Waals surface area contributed by atoms with Crippen molar-refractivity contribution in [1.29, 1.82) is 0 Å². The van der Waals surface area contributed by atoms with Gasteiger partial charge in [0.05, 0.1) is 17.6 Å². The Hall–Kier alpha value is -3.75. The van der Waals surface area contributed by atoms with Crippen molar-refractivity contribution in [2.75, 3.05) is 0 Å². The molecule has 0 aliphatic heterocycles. The third kappa shape index (κ3) is 2.78. The highest BCUT2D eigenvalue weighted by molar-refractivity contribution is 5.94. The maximum absolute atomic E-state index is 12.4. The highest BCUT2D eigenvalue weighted by Crippen LogP contribution is 2.07. The molecule has 4 heterocycles. The van der Waals surface area contributed by atoms with Crippen molar-refractivity contribution in [1.82, 2.24) is 28.8 Å². The van der Waals surface area contributed by atoms with Crippen LogP contribution in [0.3, 0.4) is 0 Å². The summed E-state index contributed by atoms with van der Waals surface area (Å²) in [6.07, 6.45) is 3.70. The van der Waals surface area contributed by atoms with Gasteiger partial charge in [-0.15, -0.1) is 0 Å². The Morgan fingerprint density at radius 2 is 1.89 bits per heavy atom. The summed E-state index contributed by atoms with van der Waals surface area (Å²) in [6.45, 7) is 0.232. The zero-order valence-electron chi connectivity index (χ0n) is 14.7. The van der Waals surface area contributed by atoms with Crippen molar-refractivity contribution >= 4 is 22.6 Å². The molecule has 136 valence electrons. The fourth-order valence-electron chi connectivity index (χ4n) is 2.91. The highest BCUT2D eigenvalue weighted by atomic mass is 16.2. The minimum atomic E-state index is -0.498. The second-order valence-corrected chi connectivity index (χ2v) is 6.15. The van der Waals surface area contributed by atoms with Crippen molar-refractivity contribution in [2.24, 2.45) is 14.1 Å². The molecule has 0 saturated carbocycles. The Balaban J connectivity index is 1.62. The van der Waals surface area contributed by atoms with E-state index >= 15 is 0 Å². The number of carbonyl (C=O) groups is 1. The van der Waals surface area contributed by atoms with Gasteiger partial charge < -0.3 is 9.72 Å². The van der Waals surface area contributed by atoms with Gasteiger partial charge in [0, 0.05) is 26.5 Å². The molecule has 0 atom stereocenters. The molecule has 0 aliphatic rings. The van der Waals surface area contributed by atoms with Crippen LogP contribution in [0.1, 0.15) is 16.2 Å². The van der Waals surface area contributed by atoms with Crippen LogP contribution in [0.2, 0.25) is 0 Å². The predicted molar refractivity (Wildman–Crippen MR) is 98.6 cm³/mol. The quantitative estimate of drug-likeness (QED) is 0.560. The zero-order valence-corrected chi connectivity index (χ0v) is 14.7. The van der Waals surface area contributed by atoms with E-state index in [1.807, 2.05) is 35.0 Å². The Kier molecular flexibility index (Phi) is 3.84. The van der Waals surface area contributed by atoms with Crippen molar-refractivity contribution < 1.29 is 4.79 Å². The number of rotatable bonds is 3. The van der Waals surface area contributed by atoms with Gasteiger partial charge in [-0.1, -0.05) is 6.07 Å². The van der Waals surface area contributed by atoms with E-state index in [1.165, 1.54) is 30.8 Å². The Labute approximate surface area is 152 Å². The number of hydrogen-bond donors (Lipinski definition) is 1. The molecule has 9 heteroatoms. The SMILES string of the molecule is Cn1c(=O)c2ccc(C(=O)NCc3cn4ccccc4n3)nc2n(C)c1=O. The minimum Gasteiger partial charge on any atom is -0.345 e. The fraction of sp³-hybridized carbons (Fsp3) is 0.167. The van der Waals surface area contributed by atoms with Gasteiger partial charge in [0.2, 0.25) is 0 Å². The number of nitrogens with one attached hydrogen (secondary N) is 1. The molecule has 4 rings (SSSR count). The van der Waals surface area contributed by atoms with Crippen LogP contribution in [0, 0.1) is 0 Å². The molecule has 0 bridgehead atoms. The van der Waals surface area contributed by atoms with Crippen LogP contribution < -0.4 is 16.6 Å². The Morgan fingerprint density at radius 3 is 2.67 bits per heavy atom. The Morgan fingerprint density at radius 1 is 1.07 bits per heavy atom. The molecule has 27 heavy (non-hydrogen) atoms. The number of carbonyl (C=O) groups excluding carboxylic acids is 1. The van der Waals surface area contributed by atoms with Crippen LogP contribution in [0.4, 0.5) is 0 Å². The molecular weight excluding hydrogens is 348 g/mol. The van der Waals surface area contributed by atoms with Crippen LogP contribution in [0.5, 0.6) is 0 Å². The van der Waals surface area contributed by atoms with Gasteiger partial charge in [-0.05, 0) is 24.3 Å². The van der Waals surface area contributed by atoms with Crippen LogP contribution in [-0.2, 0) is 20.6 Å². The number of amides is 1. The van der Waals surface area contributed by atoms with E-state index in [1.54, 1.807) is 0 Å². The van der Waals surface area contributed by atoms with Crippen molar-refractivity contribution in [3.8, 4) is 0 Å². The maximum atomic E-state index is 12.4. The first-order chi connectivity index (χ1) is 13.0. The molecule has 0 unspecified atom stereocenters. The maximum Gasteiger partial charge on any atom is 0.332 e. The molecule has 1 amide bonds. The first kappa shape index (κ1) is 16.7. The molecule has 0 aromatic carbocycles. The fourth-order valence-corrected chi connectivity index (χ4v) is 2.91. The third-order valence-corrected chi connectivity index (χ3v) is 4.38. The van der Waals surface area contributed by atoms with Gasteiger partial charge >= 0.3 is 5.69 Å². The van der Waals surface area contributed by atoms with E-state index in [-0.39, 0.29) is 23.3 Å². The van der Waals surface area contributed by atoms with Crippen LogP contribution in [0.25, 0.3) is 16.7 Å². The van der Waals surface area contributed by atoms with Gasteiger partial charge in [0.15, 0.2) is 0 Å². The van der Waals surface area contributed by atoms with Gasteiger partial charge in [-0.2, -0.15) is 0 Å². The van der Waals surface area contributed by atoms with Crippen LogP contribution in [-0.4, -0.2) is 29.4 Å². The summed E-state index contributed by atoms with van der Waals surface area (Å²) >= 11 is 0. The van der Waals surface area contributed by atoms with E-state index < -0.39 is 17.2 Å². The lowest BCUT2D eigenvalue weighted by Gasteiger charge is -2.08. The molecule has 4 aromatic rings. The van der Waals surface area contributed by atoms with Gasteiger partial charge in [-0.25, -0.2) is 14.8 Å². The molecule has 0 saturated heterocycles. The molecule has 9 nitrogen and oxygen atoms in total. The standard InChI is InChI=1S/C18H16N6O3/c1-22-15-12(17(26)23(2)18(22)27)6-7-13(21-15)16(25)19-9-11-10-24-8-4-3-5-14(24)20-11/h3-8,10H,9H2,1-2H3,(H,19,25). The van der Waals surface area contributed by atoms with E-state index in [9.17, 15) is 14.4 Å². The molecular formula is C18H16N6O3. The largest absolute Gasteiger partial charge is 0.345 e. The first-order valence-electron chi connectivity index (χ1n) is 8.23. The normalized spacial score (nSPS) is 11.2. The topological polar surface area (TPSA) is 103 Å². The lowest BCUT2D eigenvalue weighted by Crippen LogP contribution is -2.37. The van der Waals surface area contributed by atoms with E-state index in [0.717, 1.165) is 10.2 Å². The molecule has 0 fully saturated rings. The lowest BCUT2D eigenvalue weighted by atomic mass is 10.2. The van der Waals surface area contributed by atoms with E-state index in [4.69, 9.17) is 0 Å². The van der Waals surface area contributed by atoms with Crippen molar-refractivity contribution in [3.63, 3.8) is 0 Å². The lowest BCUT2D eigenvalue weighted by molar-refractivity contribution is 0.0945. The molecule has 4 aromatic heterocycles. The minimum absolute atomic E-state index is 0.120. The van der Waals surface area contributed by atoms with Gasteiger partial charge in [0.25, 0.3) is 11.5 Å². The third-order valence-electron chi connectivity index (χ3n) is 4.38. The number of fused-ring (bicyclic) bond motifs is 2. The van der Waals surface area contributed by atoms with E-state index in [0.29, 0.717) is 5.69 Å². The number of nitrogens with zero attached hydrogens (tertiary/aromatic N) is 5. The summed E-state index contributed by atoms with van der Waals surface area (Å²) in [7, 11) is 2.91. The highest BCUT2D eigenvalue weighted by Gasteiger charge is 2.14. The summed E-state index contributed by atoms with van der Waals surface area (Å²) in [4.78, 5) is 45.3. The second kappa shape index (κ2) is 6.20. The number of imidazole rings is 1. The number of aromatic nitrogens is 5. The number of aryl methyl sites for hydroxylation is 1. The summed E-state index contributed by atoms with van der Waals surface area (Å²) in [5.41, 5.74) is 0.838. The summed E-state index contributed by atoms with van der Waals surface area (Å²) < 4.78 is 4.12. The van der Waals surface area contributed by atoms with Crippen LogP contribution >= 0.6 is 0 Å². The summed E-state index contributed by atoms with van der Waals surface area (Å²) in [5.74, 6) is -0.415. The van der Waals surface area contributed by atoms with Gasteiger partial charge in [0.1, 0.15) is 17.0 Å². The smallest absolute Gasteiger partial charge is 0.332 e. The zero-order chi connectivity index (χ0) is 19.1. The van der Waals surface area contributed by atoms with E-state index in [2.05, 4.69) is 15.3 Å². The van der Waals surface area contributed by atoms with Crippen molar-refractivity contribution in [3.05, 3.63) is 75.0 Å². The molecule has 0 spiro atoms. The van der Waals surface area contributed by atoms with Gasteiger partial charge in [-0.3, -0.25) is 18.7 Å². The number of pyridine rings is 2. The first-order valence-corrected chi connectivity index (χ1v) is 8.23. The van der Waals surface area contributed by atoms with Crippen LogP contribution in [0.15, 0.2) is 52.3 Å². The molecule has 1 N–H and O–H groups in total. The molecule has 0 aliphatic carbocycles. The second-order valence-electron chi connectivity index (χ2n) is 6.15. The number of hydrogen-bond acceptors (Lipinski definition) is 5. The molecule has 0 radical (unpaired) electrons. The average Bonchev–Trinajstić information content (AvgIpc) is 3.11. The summed E-state index contributed by atoms with van der Waals surface area (Å²) in [5, 5.41) is 3.03. The van der Waals surface area contributed by atoms with Crippen molar-refractivity contribution in [2.45, 2.75) is 6.54 Å². The predicted octanol–water partition coefficient (Wildman–Crippen LogP) is 0.210. The average molecular weight is 364 g/mol.